The number of aryl methyl sites for hydroxylation is 1. The van der Waals surface area contributed by atoms with Gasteiger partial charge in [-0.2, -0.15) is 0 Å². The predicted octanol–water partition coefficient (Wildman–Crippen LogP) is 5.46. The number of carboxylic acid groups (broad SMARTS) is 1. The van der Waals surface area contributed by atoms with Crippen LogP contribution in [-0.2, 0) is 19.3 Å². The highest BCUT2D eigenvalue weighted by Crippen LogP contribution is 2.27. The Labute approximate surface area is 149 Å². The molecule has 0 aliphatic rings. The molecule has 2 nitrogen and oxygen atoms in total. The predicted molar refractivity (Wildman–Crippen MR) is 90.3 cm³/mol. The zero-order valence-corrected chi connectivity index (χ0v) is 14.4. The van der Waals surface area contributed by atoms with E-state index in [1.54, 1.807) is 0 Å². The Hall–Kier alpha value is -2.37. The second kappa shape index (κ2) is 8.83. The van der Waals surface area contributed by atoms with Crippen LogP contribution < -0.4 is 0 Å². The molecule has 6 heteroatoms. The summed E-state index contributed by atoms with van der Waals surface area (Å²) < 4.78 is 56.8. The summed E-state index contributed by atoms with van der Waals surface area (Å²) in [5.41, 5.74) is -0.467. The third kappa shape index (κ3) is 4.42. The van der Waals surface area contributed by atoms with Gasteiger partial charge in [-0.05, 0) is 43.4 Å². The standard InChI is InChI=1S/C20H20F4O2/c1-2-3-4-5-14-16(21)18(23)15(19(24)17(14)22)11-8-12-6-9-13(10-7-12)20(25)26/h6-7,9-10H,2-5,8,11H2,1H3,(H,25,26). The first-order valence-corrected chi connectivity index (χ1v) is 8.52. The second-order valence-corrected chi connectivity index (χ2v) is 6.17. The molecule has 0 saturated heterocycles. The van der Waals surface area contributed by atoms with E-state index in [0.29, 0.717) is 12.0 Å². The van der Waals surface area contributed by atoms with Gasteiger partial charge in [0.25, 0.3) is 0 Å². The van der Waals surface area contributed by atoms with E-state index < -0.39 is 40.4 Å². The normalized spacial score (nSPS) is 11.0. The van der Waals surface area contributed by atoms with Gasteiger partial charge < -0.3 is 5.11 Å². The van der Waals surface area contributed by atoms with Crippen LogP contribution >= 0.6 is 0 Å². The number of halogens is 4. The van der Waals surface area contributed by atoms with Gasteiger partial charge in [-0.25, -0.2) is 22.4 Å². The average Bonchev–Trinajstić information content (AvgIpc) is 2.63. The molecule has 0 unspecified atom stereocenters. The highest BCUT2D eigenvalue weighted by Gasteiger charge is 2.24. The van der Waals surface area contributed by atoms with Gasteiger partial charge >= 0.3 is 5.97 Å². The van der Waals surface area contributed by atoms with Gasteiger partial charge in [0.1, 0.15) is 0 Å². The SMILES string of the molecule is CCCCCc1c(F)c(F)c(CCc2ccc(C(=O)O)cc2)c(F)c1F. The van der Waals surface area contributed by atoms with Crippen LogP contribution in [0, 0.1) is 23.3 Å². The highest BCUT2D eigenvalue weighted by molar-refractivity contribution is 5.87. The van der Waals surface area contributed by atoms with Crippen LogP contribution in [0.5, 0.6) is 0 Å². The molecule has 0 atom stereocenters. The molecule has 2 aromatic carbocycles. The third-order valence-electron chi connectivity index (χ3n) is 4.34. The van der Waals surface area contributed by atoms with Crippen molar-refractivity contribution in [3.63, 3.8) is 0 Å². The Morgan fingerprint density at radius 1 is 0.808 bits per heavy atom. The first-order chi connectivity index (χ1) is 12.4. The number of aromatic carboxylic acids is 1. The minimum atomic E-state index is -1.35. The maximum Gasteiger partial charge on any atom is 0.335 e. The van der Waals surface area contributed by atoms with Crippen LogP contribution in [0.1, 0.15) is 53.2 Å². The summed E-state index contributed by atoms with van der Waals surface area (Å²) in [6, 6.07) is 5.74. The van der Waals surface area contributed by atoms with Crippen molar-refractivity contribution in [2.45, 2.75) is 45.4 Å². The molecule has 26 heavy (non-hydrogen) atoms. The molecule has 0 amide bonds. The molecule has 2 rings (SSSR count). The molecule has 2 aromatic rings. The summed E-state index contributed by atoms with van der Waals surface area (Å²) in [5, 5.41) is 8.84. The van der Waals surface area contributed by atoms with Gasteiger partial charge in [0.15, 0.2) is 23.3 Å². The van der Waals surface area contributed by atoms with Gasteiger partial charge in [-0.1, -0.05) is 31.9 Å². The molecule has 0 bridgehead atoms. The molecule has 0 aromatic heterocycles. The fraction of sp³-hybridized carbons (Fsp3) is 0.350. The lowest BCUT2D eigenvalue weighted by Crippen LogP contribution is -2.10. The molecule has 0 fully saturated rings. The maximum atomic E-state index is 14.2. The molecule has 0 heterocycles. The van der Waals surface area contributed by atoms with Crippen molar-refractivity contribution in [1.82, 2.24) is 0 Å². The lowest BCUT2D eigenvalue weighted by Gasteiger charge is -2.12. The average molecular weight is 368 g/mol. The Balaban J connectivity index is 2.20. The van der Waals surface area contributed by atoms with E-state index in [1.807, 2.05) is 6.92 Å². The first-order valence-electron chi connectivity index (χ1n) is 8.52. The smallest absolute Gasteiger partial charge is 0.335 e. The highest BCUT2D eigenvalue weighted by atomic mass is 19.2. The Morgan fingerprint density at radius 2 is 1.31 bits per heavy atom. The van der Waals surface area contributed by atoms with E-state index in [4.69, 9.17) is 5.11 Å². The van der Waals surface area contributed by atoms with E-state index in [9.17, 15) is 22.4 Å². The van der Waals surface area contributed by atoms with Crippen molar-refractivity contribution < 1.29 is 27.5 Å². The minimum Gasteiger partial charge on any atom is -0.478 e. The van der Waals surface area contributed by atoms with Crippen molar-refractivity contribution in [1.29, 1.82) is 0 Å². The van der Waals surface area contributed by atoms with Crippen LogP contribution in [0.4, 0.5) is 17.6 Å². The van der Waals surface area contributed by atoms with E-state index in [-0.39, 0.29) is 24.8 Å². The second-order valence-electron chi connectivity index (χ2n) is 6.17. The molecule has 140 valence electrons. The Bertz CT molecular complexity index is 756. The van der Waals surface area contributed by atoms with Crippen LogP contribution in [0.15, 0.2) is 24.3 Å². The van der Waals surface area contributed by atoms with Crippen LogP contribution in [0.2, 0.25) is 0 Å². The van der Waals surface area contributed by atoms with E-state index >= 15 is 0 Å². The van der Waals surface area contributed by atoms with Gasteiger partial charge in [-0.3, -0.25) is 0 Å². The molecular formula is C20H20F4O2. The van der Waals surface area contributed by atoms with Gasteiger partial charge in [-0.15, -0.1) is 0 Å². The molecule has 0 spiro atoms. The van der Waals surface area contributed by atoms with Gasteiger partial charge in [0.05, 0.1) is 5.56 Å². The number of carboxylic acids is 1. The summed E-state index contributed by atoms with van der Waals surface area (Å²) in [6.45, 7) is 1.92. The number of rotatable bonds is 8. The summed E-state index contributed by atoms with van der Waals surface area (Å²) in [4.78, 5) is 10.8. The number of unbranched alkanes of at least 4 members (excludes halogenated alkanes) is 2. The molecule has 0 aliphatic heterocycles. The largest absolute Gasteiger partial charge is 0.478 e. The summed E-state index contributed by atoms with van der Waals surface area (Å²) in [5.74, 6) is -6.43. The number of hydrogen-bond acceptors (Lipinski definition) is 1. The molecule has 0 radical (unpaired) electrons. The van der Waals surface area contributed by atoms with Crippen molar-refractivity contribution in [2.24, 2.45) is 0 Å². The minimum absolute atomic E-state index is 0.0454. The fourth-order valence-corrected chi connectivity index (χ4v) is 2.80. The monoisotopic (exact) mass is 368 g/mol. The number of carbonyl (C=O) groups is 1. The summed E-state index contributed by atoms with van der Waals surface area (Å²) in [6.07, 6.45) is 1.85. The van der Waals surface area contributed by atoms with Crippen molar-refractivity contribution in [3.05, 3.63) is 69.8 Å². The van der Waals surface area contributed by atoms with Gasteiger partial charge in [0.2, 0.25) is 0 Å². The van der Waals surface area contributed by atoms with Crippen LogP contribution in [0.25, 0.3) is 0 Å². The third-order valence-corrected chi connectivity index (χ3v) is 4.34. The van der Waals surface area contributed by atoms with Crippen LogP contribution in [-0.4, -0.2) is 11.1 Å². The van der Waals surface area contributed by atoms with Crippen LogP contribution in [0.3, 0.4) is 0 Å². The first kappa shape index (κ1) is 19.9. The number of hydrogen-bond donors (Lipinski definition) is 1. The molecule has 0 aliphatic carbocycles. The Morgan fingerprint density at radius 3 is 1.77 bits per heavy atom. The fourth-order valence-electron chi connectivity index (χ4n) is 2.80. The topological polar surface area (TPSA) is 37.3 Å². The van der Waals surface area contributed by atoms with Crippen molar-refractivity contribution in [2.75, 3.05) is 0 Å². The van der Waals surface area contributed by atoms with Crippen molar-refractivity contribution in [3.8, 4) is 0 Å². The quantitative estimate of drug-likeness (QED) is 0.382. The lowest BCUT2D eigenvalue weighted by molar-refractivity contribution is 0.0697. The van der Waals surface area contributed by atoms with Crippen molar-refractivity contribution >= 4 is 5.97 Å². The molecule has 1 N–H and O–H groups in total. The Kier molecular flexibility index (Phi) is 6.77. The van der Waals surface area contributed by atoms with Gasteiger partial charge in [0, 0.05) is 11.1 Å². The molecule has 0 saturated carbocycles. The van der Waals surface area contributed by atoms with E-state index in [1.165, 1.54) is 24.3 Å². The number of benzene rings is 2. The maximum absolute atomic E-state index is 14.2. The summed E-state index contributed by atoms with van der Waals surface area (Å²) >= 11 is 0. The van der Waals surface area contributed by atoms with E-state index in [2.05, 4.69) is 0 Å². The van der Waals surface area contributed by atoms with E-state index in [0.717, 1.165) is 12.8 Å². The lowest BCUT2D eigenvalue weighted by atomic mass is 9.98. The molecular weight excluding hydrogens is 348 g/mol. The zero-order valence-electron chi connectivity index (χ0n) is 14.4. The zero-order chi connectivity index (χ0) is 19.3. The summed E-state index contributed by atoms with van der Waals surface area (Å²) in [7, 11) is 0.